The van der Waals surface area contributed by atoms with Crippen molar-refractivity contribution in [3.05, 3.63) is 58.0 Å². The fourth-order valence-corrected chi connectivity index (χ4v) is 12.6. The number of nitrogens with zero attached hydrogens (tertiary/aromatic N) is 4. The zero-order chi connectivity index (χ0) is 70.3. The van der Waals surface area contributed by atoms with Crippen LogP contribution >= 0.6 is 11.6 Å². The van der Waals surface area contributed by atoms with Crippen molar-refractivity contribution >= 4 is 87.3 Å². The van der Waals surface area contributed by atoms with Crippen molar-refractivity contribution in [3.63, 3.8) is 0 Å². The Kier molecular flexibility index (Phi) is 32.9. The fourth-order valence-electron chi connectivity index (χ4n) is 12.4. The van der Waals surface area contributed by atoms with Gasteiger partial charge in [0.2, 0.25) is 29.5 Å². The van der Waals surface area contributed by atoms with Crippen LogP contribution in [0.3, 0.4) is 0 Å². The van der Waals surface area contributed by atoms with Crippen LogP contribution < -0.4 is 26.6 Å². The van der Waals surface area contributed by atoms with Gasteiger partial charge in [0.15, 0.2) is 11.6 Å². The third-order valence-electron chi connectivity index (χ3n) is 17.6. The SMILES string of the molecule is CC(=O)c1nn(CC(=O)N2[C@H](C(=O)NCc3cccc(Cl)c3F)C[C@@]3(CNC(=O)COCCOCCCC(=O)COCCOCCNC(=O)CC[C@H](NC(=O)CCCCCCCCCCCCCCCCC(=O)O)C(=O)O)C[C@@H]23)c2c(C)cc(NC(=O)N3CCCC(F)(F)C3)cc12. The molecule has 7 amide bonds. The van der Waals surface area contributed by atoms with Crippen molar-refractivity contribution < 1.29 is 90.3 Å². The monoisotopic (exact) mass is 1390 g/mol. The molecule has 0 bridgehead atoms. The molecule has 97 heavy (non-hydrogen) atoms. The topological polar surface area (TPSA) is 333 Å². The summed E-state index contributed by atoms with van der Waals surface area (Å²) in [6.07, 6.45) is 16.1. The molecule has 1 aliphatic carbocycles. The van der Waals surface area contributed by atoms with E-state index in [0.717, 1.165) is 56.3 Å². The lowest BCUT2D eigenvalue weighted by Crippen LogP contribution is -2.48. The van der Waals surface area contributed by atoms with Gasteiger partial charge in [-0.1, -0.05) is 101 Å². The smallest absolute Gasteiger partial charge is 0.326 e. The number of ether oxygens (including phenoxy) is 4. The van der Waals surface area contributed by atoms with Gasteiger partial charge in [0, 0.05) is 99.9 Å². The first-order valence-corrected chi connectivity index (χ1v) is 34.4. The van der Waals surface area contributed by atoms with Crippen LogP contribution in [0, 0.1) is 18.2 Å². The molecule has 3 aromatic rings. The van der Waals surface area contributed by atoms with E-state index >= 15 is 0 Å². The van der Waals surface area contributed by atoms with Crippen LogP contribution in [-0.4, -0.2) is 192 Å². The van der Waals surface area contributed by atoms with Gasteiger partial charge in [0.1, 0.15) is 43.4 Å². The van der Waals surface area contributed by atoms with Crippen LogP contribution in [0.5, 0.6) is 0 Å². The van der Waals surface area contributed by atoms with Crippen LogP contribution in [0.4, 0.5) is 23.7 Å². The van der Waals surface area contributed by atoms with Gasteiger partial charge in [-0.25, -0.2) is 22.8 Å². The number of nitrogens with one attached hydrogen (secondary N) is 5. The third-order valence-corrected chi connectivity index (χ3v) is 17.9. The van der Waals surface area contributed by atoms with Crippen molar-refractivity contribution in [2.24, 2.45) is 5.41 Å². The Balaban J connectivity index is 0.800. The molecule has 0 spiro atoms. The van der Waals surface area contributed by atoms with E-state index in [-0.39, 0.29) is 170 Å². The number of Topliss-reactive ketones (excluding diaryl/α,β-unsaturated/α-hetero) is 2. The molecule has 7 N–H and O–H groups in total. The molecule has 3 heterocycles. The molecule has 25 nitrogen and oxygen atoms in total. The number of alkyl halides is 2. The van der Waals surface area contributed by atoms with Gasteiger partial charge in [-0.05, 0) is 75.6 Å². The maximum atomic E-state index is 14.9. The van der Waals surface area contributed by atoms with E-state index in [9.17, 15) is 66.2 Å². The largest absolute Gasteiger partial charge is 0.481 e. The number of aromatic nitrogens is 2. The zero-order valence-corrected chi connectivity index (χ0v) is 56.7. The standard InChI is InChI=1S/C68H97ClF3N9O16/c1-46-36-49(76-66(93)79-29-19-27-68(71,72)45-79)37-51-62(47(2)82)78-80(63(46)51)41-59(87)81-54(64(90)74-40-48-20-17-22-52(69)61(48)70)38-67(39-55(67)81)44-75-58(86)43-97-35-32-94-30-18-21-50(83)42-96-34-33-95-31-28-73-56(84)26-25-53(65(91)92)77-57(85)23-15-13-11-9-7-5-3-4-6-8-10-12-14-16-24-60(88)89/h17,20,22,36-37,53-55H,3-16,18-19,21,23-35,38-45H2,1-2H3,(H,73,84)(H,74,90)(H,75,86)(H,76,93)(H,77,85)(H,88,89)(H,91,92)/t53-,54-,55+,67-/m0/s1. The number of likely N-dealkylation sites (tertiary alicyclic amines) is 2. The van der Waals surface area contributed by atoms with Crippen LogP contribution in [0.1, 0.15) is 183 Å². The molecule has 3 aliphatic rings. The molecule has 0 radical (unpaired) electrons. The number of ketones is 2. The quantitative estimate of drug-likeness (QED) is 0.0205. The second kappa shape index (κ2) is 40.6. The van der Waals surface area contributed by atoms with Gasteiger partial charge in [-0.15, -0.1) is 0 Å². The molecule has 0 unspecified atom stereocenters. The Labute approximate surface area is 569 Å². The molecule has 2 aliphatic heterocycles. The fraction of sp³-hybridized carbons (Fsp3) is 0.662. The number of carbonyl (C=O) groups is 10. The van der Waals surface area contributed by atoms with E-state index in [1.165, 1.54) is 72.9 Å². The molecule has 1 saturated carbocycles. The summed E-state index contributed by atoms with van der Waals surface area (Å²) in [6.45, 7) is 2.47. The Hall–Kier alpha value is -7.27. The molecular formula is C68H97ClF3N9O16. The second-order valence-electron chi connectivity index (χ2n) is 25.5. The molecule has 6 rings (SSSR count). The molecular weight excluding hydrogens is 1290 g/mol. The van der Waals surface area contributed by atoms with Crippen LogP contribution in [0.25, 0.3) is 10.9 Å². The van der Waals surface area contributed by atoms with E-state index in [0.29, 0.717) is 35.7 Å². The third kappa shape index (κ3) is 26.8. The molecule has 4 atom stereocenters. The van der Waals surface area contributed by atoms with Gasteiger partial charge in [-0.2, -0.15) is 5.10 Å². The number of hydrogen-bond acceptors (Lipinski definition) is 15. The average Bonchev–Trinajstić information content (AvgIpc) is 1.54. The van der Waals surface area contributed by atoms with Gasteiger partial charge in [0.25, 0.3) is 5.92 Å². The summed E-state index contributed by atoms with van der Waals surface area (Å²) in [5, 5.41) is 36.4. The molecule has 2 aromatic carbocycles. The first-order valence-electron chi connectivity index (χ1n) is 34.0. The number of unbranched alkanes of at least 4 members (excludes halogenated alkanes) is 13. The molecule has 1 aromatic heterocycles. The normalized spacial score (nSPS) is 17.3. The van der Waals surface area contributed by atoms with Gasteiger partial charge in [-0.3, -0.25) is 43.0 Å². The summed E-state index contributed by atoms with van der Waals surface area (Å²) >= 11 is 5.99. The summed E-state index contributed by atoms with van der Waals surface area (Å²) in [7, 11) is 0. The number of aryl methyl sites for hydroxylation is 1. The van der Waals surface area contributed by atoms with Crippen molar-refractivity contribution in [1.82, 2.24) is 40.8 Å². The van der Waals surface area contributed by atoms with Crippen LogP contribution in [-0.2, 0) is 70.4 Å². The first-order chi connectivity index (χ1) is 46.5. The highest BCUT2D eigenvalue weighted by molar-refractivity contribution is 6.30. The molecule has 3 fully saturated rings. The van der Waals surface area contributed by atoms with Crippen molar-refractivity contribution in [2.75, 3.05) is 84.4 Å². The van der Waals surface area contributed by atoms with Crippen LogP contribution in [0.15, 0.2) is 30.3 Å². The number of urea groups is 1. The predicted octanol–water partition coefficient (Wildman–Crippen LogP) is 8.60. The van der Waals surface area contributed by atoms with E-state index < -0.39 is 89.8 Å². The number of fused-ring (bicyclic) bond motifs is 2. The van der Waals surface area contributed by atoms with E-state index in [1.807, 2.05) is 0 Å². The Morgan fingerprint density at radius 2 is 1.36 bits per heavy atom. The van der Waals surface area contributed by atoms with Gasteiger partial charge < -0.3 is 65.5 Å². The number of rotatable bonds is 48. The summed E-state index contributed by atoms with van der Waals surface area (Å²) in [5.41, 5.74) is 0.546. The number of hydrogen-bond donors (Lipinski definition) is 7. The highest BCUT2D eigenvalue weighted by Gasteiger charge is 2.67. The minimum atomic E-state index is -3.02. The lowest BCUT2D eigenvalue weighted by molar-refractivity contribution is -0.142. The maximum Gasteiger partial charge on any atom is 0.326 e. The number of benzene rings is 2. The highest BCUT2D eigenvalue weighted by Crippen LogP contribution is 2.59. The number of carbonyl (C=O) groups excluding carboxylic acids is 8. The summed E-state index contributed by atoms with van der Waals surface area (Å²) in [6, 6.07) is 4.00. The lowest BCUT2D eigenvalue weighted by atomic mass is 9.99. The summed E-state index contributed by atoms with van der Waals surface area (Å²) < 4.78 is 66.5. The first kappa shape index (κ1) is 78.7. The molecule has 538 valence electrons. The van der Waals surface area contributed by atoms with Crippen LogP contribution in [0.2, 0.25) is 5.02 Å². The zero-order valence-electron chi connectivity index (χ0n) is 55.9. The number of carboxylic acid groups (broad SMARTS) is 2. The number of anilines is 1. The van der Waals surface area contributed by atoms with E-state index in [1.54, 1.807) is 13.0 Å². The number of piperidine rings is 2. The second-order valence-corrected chi connectivity index (χ2v) is 25.9. The summed E-state index contributed by atoms with van der Waals surface area (Å²) in [4.78, 5) is 130. The average molecular weight is 1390 g/mol. The Morgan fingerprint density at radius 3 is 2.01 bits per heavy atom. The van der Waals surface area contributed by atoms with Crippen molar-refractivity contribution in [2.45, 2.75) is 205 Å². The van der Waals surface area contributed by atoms with Crippen molar-refractivity contribution in [3.8, 4) is 0 Å². The number of amides is 7. The molecule has 29 heteroatoms. The number of halogens is 4. The van der Waals surface area contributed by atoms with E-state index in [2.05, 4.69) is 31.7 Å². The highest BCUT2D eigenvalue weighted by atomic mass is 35.5. The van der Waals surface area contributed by atoms with Crippen molar-refractivity contribution in [1.29, 1.82) is 0 Å². The predicted molar refractivity (Wildman–Crippen MR) is 352 cm³/mol. The van der Waals surface area contributed by atoms with Gasteiger partial charge in [0.05, 0.1) is 50.1 Å². The minimum Gasteiger partial charge on any atom is -0.481 e. The lowest BCUT2D eigenvalue weighted by Gasteiger charge is -2.32. The number of carboxylic acids is 2. The summed E-state index contributed by atoms with van der Waals surface area (Å²) in [5.74, 6) is -8.55. The van der Waals surface area contributed by atoms with E-state index in [4.69, 9.17) is 35.7 Å². The maximum absolute atomic E-state index is 14.9. The van der Waals surface area contributed by atoms with Gasteiger partial charge >= 0.3 is 18.0 Å². The Morgan fingerprint density at radius 1 is 0.722 bits per heavy atom. The number of aliphatic carboxylic acids is 2. The Bertz CT molecular complexity index is 3160. The minimum absolute atomic E-state index is 0.00688. The molecule has 2 saturated heterocycles.